The fourth-order valence-electron chi connectivity index (χ4n) is 4.69. The monoisotopic (exact) mass is 481 g/mol. The van der Waals surface area contributed by atoms with E-state index in [0.717, 1.165) is 42.0 Å². The molecule has 2 aromatic rings. The molecule has 4 rings (SSSR count). The van der Waals surface area contributed by atoms with Crippen molar-refractivity contribution in [3.8, 4) is 0 Å². The number of amides is 2. The minimum absolute atomic E-state index is 0.0173. The van der Waals surface area contributed by atoms with Crippen LogP contribution in [0.4, 0.5) is 5.69 Å². The normalized spacial score (nSPS) is 22.1. The predicted molar refractivity (Wildman–Crippen MR) is 132 cm³/mol. The molecule has 1 N–H and O–H groups in total. The molecule has 2 aliphatic rings. The Labute approximate surface area is 201 Å². The summed E-state index contributed by atoms with van der Waals surface area (Å²) in [6, 6.07) is 15.8. The number of nitrogens with one attached hydrogen (secondary N) is 1. The van der Waals surface area contributed by atoms with Gasteiger partial charge in [-0.3, -0.25) is 14.5 Å². The highest BCUT2D eigenvalue weighted by atomic mass is 32.2. The first-order chi connectivity index (χ1) is 16.2. The first-order valence-electron chi connectivity index (χ1n) is 11.6. The number of hydrogen-bond acceptors (Lipinski definition) is 5. The molecule has 1 unspecified atom stereocenters. The van der Waals surface area contributed by atoms with Crippen LogP contribution in [-0.4, -0.2) is 55.1 Å². The predicted octanol–water partition coefficient (Wildman–Crippen LogP) is 3.89. The van der Waals surface area contributed by atoms with E-state index < -0.39 is 15.6 Å². The molecule has 1 heterocycles. The third-order valence-electron chi connectivity index (χ3n) is 6.60. The van der Waals surface area contributed by atoms with Crippen molar-refractivity contribution in [3.05, 3.63) is 66.2 Å². The number of rotatable bonds is 7. The summed E-state index contributed by atoms with van der Waals surface area (Å²) in [6.45, 7) is 0. The quantitative estimate of drug-likeness (QED) is 0.607. The molecule has 0 aromatic heterocycles. The van der Waals surface area contributed by atoms with Crippen molar-refractivity contribution >= 4 is 33.6 Å². The lowest BCUT2D eigenvalue weighted by Crippen LogP contribution is -2.48. The zero-order valence-corrected chi connectivity index (χ0v) is 20.4. The number of hydrogen-bond donors (Lipinski definition) is 1. The zero-order valence-electron chi connectivity index (χ0n) is 19.6. The van der Waals surface area contributed by atoms with Crippen LogP contribution in [0.5, 0.6) is 0 Å². The van der Waals surface area contributed by atoms with E-state index in [1.807, 2.05) is 36.4 Å². The van der Waals surface area contributed by atoms with Gasteiger partial charge >= 0.3 is 0 Å². The van der Waals surface area contributed by atoms with Gasteiger partial charge in [-0.25, -0.2) is 12.7 Å². The molecule has 0 radical (unpaired) electrons. The van der Waals surface area contributed by atoms with Crippen LogP contribution in [0.15, 0.2) is 65.6 Å². The summed E-state index contributed by atoms with van der Waals surface area (Å²) in [5, 5.41) is 3.27. The summed E-state index contributed by atoms with van der Waals surface area (Å²) in [5.41, 5.74) is 0.265. The van der Waals surface area contributed by atoms with Gasteiger partial charge in [-0.05, 0) is 48.7 Å². The SMILES string of the molecule is CN(C)S(=O)(=O)c1ccc(NC2(/C=C/c3ccccc3)CC(=O)N(C3CCCCC3)C2=O)cc1. The molecule has 1 aliphatic carbocycles. The lowest BCUT2D eigenvalue weighted by Gasteiger charge is -2.32. The lowest BCUT2D eigenvalue weighted by molar-refractivity contribution is -0.142. The Balaban J connectivity index is 1.67. The van der Waals surface area contributed by atoms with Crippen LogP contribution < -0.4 is 5.32 Å². The molecule has 2 aromatic carbocycles. The molecule has 8 heteroatoms. The van der Waals surface area contributed by atoms with Crippen molar-refractivity contribution in [3.63, 3.8) is 0 Å². The maximum atomic E-state index is 13.8. The van der Waals surface area contributed by atoms with Crippen molar-refractivity contribution in [1.82, 2.24) is 9.21 Å². The van der Waals surface area contributed by atoms with Crippen LogP contribution in [0.2, 0.25) is 0 Å². The third-order valence-corrected chi connectivity index (χ3v) is 8.43. The Kier molecular flexibility index (Phi) is 6.91. The number of anilines is 1. The number of likely N-dealkylation sites (tertiary alicyclic amines) is 1. The second kappa shape index (κ2) is 9.72. The van der Waals surface area contributed by atoms with E-state index in [-0.39, 0.29) is 29.2 Å². The third kappa shape index (κ3) is 4.79. The minimum atomic E-state index is -3.56. The maximum absolute atomic E-state index is 13.8. The van der Waals surface area contributed by atoms with Gasteiger partial charge in [0.05, 0.1) is 11.3 Å². The number of carbonyl (C=O) groups excluding carboxylic acids is 2. The van der Waals surface area contributed by atoms with E-state index in [9.17, 15) is 18.0 Å². The van der Waals surface area contributed by atoms with Gasteiger partial charge in [-0.15, -0.1) is 0 Å². The van der Waals surface area contributed by atoms with Gasteiger partial charge in [-0.1, -0.05) is 55.7 Å². The molecule has 0 spiro atoms. The van der Waals surface area contributed by atoms with Crippen molar-refractivity contribution in [2.24, 2.45) is 0 Å². The molecule has 1 atom stereocenters. The fourth-order valence-corrected chi connectivity index (χ4v) is 5.59. The van der Waals surface area contributed by atoms with Gasteiger partial charge in [0.25, 0.3) is 5.91 Å². The molecule has 1 saturated heterocycles. The standard InChI is InChI=1S/C26H31N3O4S/c1-28(2)34(32,33)23-15-13-21(14-16-23)27-26(18-17-20-9-5-3-6-10-20)19-24(30)29(25(26)31)22-11-7-4-8-12-22/h3,5-6,9-10,13-18,22,27H,4,7-8,11-12,19H2,1-2H3/b18-17+. The van der Waals surface area contributed by atoms with Crippen LogP contribution in [-0.2, 0) is 19.6 Å². The van der Waals surface area contributed by atoms with Crippen molar-refractivity contribution < 1.29 is 18.0 Å². The average molecular weight is 482 g/mol. The Bertz CT molecular complexity index is 1170. The first kappa shape index (κ1) is 24.2. The Morgan fingerprint density at radius 1 is 0.971 bits per heavy atom. The Hall–Kier alpha value is -2.97. The smallest absolute Gasteiger partial charge is 0.259 e. The number of nitrogens with zero attached hydrogens (tertiary/aromatic N) is 2. The minimum Gasteiger partial charge on any atom is -0.368 e. The Morgan fingerprint density at radius 2 is 1.62 bits per heavy atom. The van der Waals surface area contributed by atoms with E-state index >= 15 is 0 Å². The van der Waals surface area contributed by atoms with E-state index in [2.05, 4.69) is 5.32 Å². The summed E-state index contributed by atoms with van der Waals surface area (Å²) < 4.78 is 26.0. The maximum Gasteiger partial charge on any atom is 0.259 e. The van der Waals surface area contributed by atoms with Gasteiger partial charge in [0.1, 0.15) is 5.54 Å². The van der Waals surface area contributed by atoms with Crippen molar-refractivity contribution in [2.45, 2.75) is 55.0 Å². The largest absolute Gasteiger partial charge is 0.368 e. The molecule has 1 saturated carbocycles. The molecular formula is C26H31N3O4S. The molecule has 7 nitrogen and oxygen atoms in total. The van der Waals surface area contributed by atoms with Gasteiger partial charge in [-0.2, -0.15) is 0 Å². The van der Waals surface area contributed by atoms with Crippen LogP contribution in [0, 0.1) is 0 Å². The number of benzene rings is 2. The summed E-state index contributed by atoms with van der Waals surface area (Å²) >= 11 is 0. The summed E-state index contributed by atoms with van der Waals surface area (Å²) in [7, 11) is -0.604. The summed E-state index contributed by atoms with van der Waals surface area (Å²) in [4.78, 5) is 28.5. The van der Waals surface area contributed by atoms with Crippen LogP contribution in [0.25, 0.3) is 6.08 Å². The van der Waals surface area contributed by atoms with Crippen molar-refractivity contribution in [1.29, 1.82) is 0 Å². The average Bonchev–Trinajstić information content (AvgIpc) is 3.08. The zero-order chi connectivity index (χ0) is 24.3. The van der Waals surface area contributed by atoms with Crippen LogP contribution in [0.3, 0.4) is 0 Å². The molecule has 180 valence electrons. The molecule has 0 bridgehead atoms. The van der Waals surface area contributed by atoms with E-state index in [0.29, 0.717) is 5.69 Å². The molecule has 2 fully saturated rings. The first-order valence-corrected chi connectivity index (χ1v) is 13.1. The van der Waals surface area contributed by atoms with Gasteiger partial charge in [0, 0.05) is 25.8 Å². The highest BCUT2D eigenvalue weighted by Crippen LogP contribution is 2.35. The van der Waals surface area contributed by atoms with E-state index in [1.54, 1.807) is 18.2 Å². The fraction of sp³-hybridized carbons (Fsp3) is 0.385. The lowest BCUT2D eigenvalue weighted by atomic mass is 9.93. The van der Waals surface area contributed by atoms with E-state index in [1.165, 1.54) is 31.1 Å². The topological polar surface area (TPSA) is 86.8 Å². The molecule has 34 heavy (non-hydrogen) atoms. The second-order valence-corrected chi connectivity index (χ2v) is 11.3. The van der Waals surface area contributed by atoms with Crippen LogP contribution in [0.1, 0.15) is 44.1 Å². The van der Waals surface area contributed by atoms with Gasteiger partial charge < -0.3 is 5.32 Å². The van der Waals surface area contributed by atoms with Gasteiger partial charge in [0.2, 0.25) is 15.9 Å². The summed E-state index contributed by atoms with van der Waals surface area (Å²) in [5.74, 6) is -0.421. The van der Waals surface area contributed by atoms with E-state index in [4.69, 9.17) is 0 Å². The second-order valence-electron chi connectivity index (χ2n) is 9.19. The van der Waals surface area contributed by atoms with Gasteiger partial charge in [0.15, 0.2) is 0 Å². The molecule has 2 amide bonds. The Morgan fingerprint density at radius 3 is 2.24 bits per heavy atom. The highest BCUT2D eigenvalue weighted by Gasteiger charge is 2.52. The molecule has 1 aliphatic heterocycles. The summed E-state index contributed by atoms with van der Waals surface area (Å²) in [6.07, 6.45) is 8.49. The number of sulfonamides is 1. The number of carbonyl (C=O) groups is 2. The highest BCUT2D eigenvalue weighted by molar-refractivity contribution is 7.89. The number of imide groups is 1. The molecular weight excluding hydrogens is 450 g/mol. The van der Waals surface area contributed by atoms with Crippen LogP contribution >= 0.6 is 0 Å². The van der Waals surface area contributed by atoms with Crippen molar-refractivity contribution in [2.75, 3.05) is 19.4 Å².